The Morgan fingerprint density at radius 2 is 1.45 bits per heavy atom. The number of ether oxygens (including phenoxy) is 2. The zero-order chi connectivity index (χ0) is 20.5. The first-order valence-corrected chi connectivity index (χ1v) is 9.58. The Morgan fingerprint density at radius 3 is 1.90 bits per heavy atom. The van der Waals surface area contributed by atoms with Gasteiger partial charge in [-0.1, -0.05) is 24.3 Å². The molecule has 2 aromatic carbocycles. The van der Waals surface area contributed by atoms with E-state index in [0.717, 1.165) is 28.2 Å². The summed E-state index contributed by atoms with van der Waals surface area (Å²) >= 11 is 0. The van der Waals surface area contributed by atoms with Crippen LogP contribution in [0.25, 0.3) is 5.57 Å². The summed E-state index contributed by atoms with van der Waals surface area (Å²) in [7, 11) is 0. The summed E-state index contributed by atoms with van der Waals surface area (Å²) < 4.78 is 11.1. The number of hydrogen-bond donors (Lipinski definition) is 1. The Bertz CT molecular complexity index is 898. The van der Waals surface area contributed by atoms with Crippen molar-refractivity contribution in [1.82, 2.24) is 4.98 Å². The van der Waals surface area contributed by atoms with Crippen LogP contribution in [0.2, 0.25) is 0 Å². The molecule has 29 heavy (non-hydrogen) atoms. The average molecular weight is 388 g/mol. The van der Waals surface area contributed by atoms with Crippen molar-refractivity contribution in [1.29, 1.82) is 0 Å². The third kappa shape index (κ3) is 5.69. The number of rotatable bonds is 8. The molecule has 1 N–H and O–H groups in total. The van der Waals surface area contributed by atoms with Gasteiger partial charge in [0.25, 0.3) is 0 Å². The fourth-order valence-electron chi connectivity index (χ4n) is 2.87. The number of nitrogens with one attached hydrogen (secondary N) is 1. The van der Waals surface area contributed by atoms with Crippen LogP contribution in [0.4, 0.5) is 5.69 Å². The molecule has 0 saturated heterocycles. The van der Waals surface area contributed by atoms with E-state index in [1.165, 1.54) is 0 Å². The van der Waals surface area contributed by atoms with Gasteiger partial charge >= 0.3 is 0 Å². The molecule has 0 aliphatic rings. The van der Waals surface area contributed by atoms with E-state index in [4.69, 9.17) is 9.47 Å². The monoisotopic (exact) mass is 388 g/mol. The Morgan fingerprint density at radius 1 is 0.897 bits per heavy atom. The maximum atomic E-state index is 12.6. The average Bonchev–Trinajstić information content (AvgIpc) is 2.75. The molecular formula is C24H24N2O3. The minimum atomic E-state index is -0.226. The molecule has 0 spiro atoms. The predicted octanol–water partition coefficient (Wildman–Crippen LogP) is 4.95. The van der Waals surface area contributed by atoms with Crippen LogP contribution in [0.1, 0.15) is 25.0 Å². The van der Waals surface area contributed by atoms with Crippen molar-refractivity contribution >= 4 is 17.2 Å². The fourth-order valence-corrected chi connectivity index (χ4v) is 2.87. The zero-order valence-electron chi connectivity index (χ0n) is 16.6. The second-order valence-electron chi connectivity index (χ2n) is 6.20. The summed E-state index contributed by atoms with van der Waals surface area (Å²) in [5, 5.41) is 2.85. The second kappa shape index (κ2) is 10.1. The van der Waals surface area contributed by atoms with Gasteiger partial charge in [-0.3, -0.25) is 9.78 Å². The number of hydrogen-bond acceptors (Lipinski definition) is 4. The molecule has 148 valence electrons. The highest BCUT2D eigenvalue weighted by atomic mass is 16.5. The van der Waals surface area contributed by atoms with Gasteiger partial charge in [0, 0.05) is 12.3 Å². The minimum absolute atomic E-state index is 0.226. The number of nitrogens with zero attached hydrogens (tertiary/aromatic N) is 1. The second-order valence-corrected chi connectivity index (χ2v) is 6.20. The van der Waals surface area contributed by atoms with Crippen molar-refractivity contribution in [3.63, 3.8) is 0 Å². The minimum Gasteiger partial charge on any atom is -0.494 e. The summed E-state index contributed by atoms with van der Waals surface area (Å²) in [4.78, 5) is 16.7. The van der Waals surface area contributed by atoms with Crippen molar-refractivity contribution in [2.75, 3.05) is 18.5 Å². The number of carbonyl (C=O) groups is 1. The third-order valence-electron chi connectivity index (χ3n) is 4.16. The quantitative estimate of drug-likeness (QED) is 0.555. The summed E-state index contributed by atoms with van der Waals surface area (Å²) in [6, 6.07) is 19.0. The number of amides is 1. The maximum Gasteiger partial charge on any atom is 0.249 e. The highest BCUT2D eigenvalue weighted by Crippen LogP contribution is 2.27. The van der Waals surface area contributed by atoms with Gasteiger partial charge in [-0.2, -0.15) is 0 Å². The number of carbonyl (C=O) groups excluding carboxylic acids is 1. The molecular weight excluding hydrogens is 364 g/mol. The normalized spacial score (nSPS) is 10.1. The van der Waals surface area contributed by atoms with E-state index in [-0.39, 0.29) is 5.91 Å². The van der Waals surface area contributed by atoms with Crippen LogP contribution in [0, 0.1) is 0 Å². The van der Waals surface area contributed by atoms with Crippen molar-refractivity contribution in [3.05, 3.63) is 90.3 Å². The van der Waals surface area contributed by atoms with E-state index < -0.39 is 0 Å². The molecule has 3 aromatic rings. The number of pyridine rings is 1. The molecule has 0 unspecified atom stereocenters. The third-order valence-corrected chi connectivity index (χ3v) is 4.16. The molecule has 0 bridgehead atoms. The van der Waals surface area contributed by atoms with Crippen molar-refractivity contribution in [2.24, 2.45) is 0 Å². The van der Waals surface area contributed by atoms with Gasteiger partial charge in [-0.25, -0.2) is 0 Å². The van der Waals surface area contributed by atoms with E-state index in [9.17, 15) is 4.79 Å². The fraction of sp³-hybridized carbons (Fsp3) is 0.167. The van der Waals surface area contributed by atoms with E-state index in [2.05, 4.69) is 10.3 Å². The molecule has 1 aromatic heterocycles. The van der Waals surface area contributed by atoms with E-state index in [1.807, 2.05) is 62.4 Å². The van der Waals surface area contributed by atoms with E-state index in [0.29, 0.717) is 18.9 Å². The van der Waals surface area contributed by atoms with Gasteiger partial charge in [-0.05, 0) is 66.9 Å². The molecule has 1 heterocycles. The topological polar surface area (TPSA) is 60.5 Å². The highest BCUT2D eigenvalue weighted by Gasteiger charge is 2.10. The summed E-state index contributed by atoms with van der Waals surface area (Å²) in [6.07, 6.45) is 4.87. The van der Waals surface area contributed by atoms with Gasteiger partial charge < -0.3 is 14.8 Å². The first-order chi connectivity index (χ1) is 14.2. The Labute approximate surface area is 171 Å². The smallest absolute Gasteiger partial charge is 0.249 e. The van der Waals surface area contributed by atoms with Gasteiger partial charge in [0.2, 0.25) is 5.91 Å². The van der Waals surface area contributed by atoms with Gasteiger partial charge in [-0.15, -0.1) is 0 Å². The Hall–Kier alpha value is -3.60. The molecule has 1 amide bonds. The summed E-state index contributed by atoms with van der Waals surface area (Å²) in [5.41, 5.74) is 3.28. The van der Waals surface area contributed by atoms with Crippen molar-refractivity contribution in [3.8, 4) is 11.5 Å². The predicted molar refractivity (Wildman–Crippen MR) is 115 cm³/mol. The lowest BCUT2D eigenvalue weighted by Crippen LogP contribution is -2.09. The molecule has 0 atom stereocenters. The molecule has 0 aliphatic heterocycles. The molecule has 0 saturated carbocycles. The lowest BCUT2D eigenvalue weighted by Gasteiger charge is -2.11. The SMILES string of the molecule is CCOc1ccc(C(=CC(=O)Nc2cccnc2)c2ccc(OCC)cc2)cc1. The number of aromatic nitrogens is 1. The van der Waals surface area contributed by atoms with E-state index >= 15 is 0 Å². The van der Waals surface area contributed by atoms with Crippen LogP contribution >= 0.6 is 0 Å². The lowest BCUT2D eigenvalue weighted by molar-refractivity contribution is -0.111. The molecule has 5 nitrogen and oxygen atoms in total. The van der Waals surface area contributed by atoms with Crippen LogP contribution in [0.5, 0.6) is 11.5 Å². The maximum absolute atomic E-state index is 12.6. The molecule has 0 fully saturated rings. The zero-order valence-corrected chi connectivity index (χ0v) is 16.6. The number of benzene rings is 2. The van der Waals surface area contributed by atoms with Crippen LogP contribution in [0.15, 0.2) is 79.1 Å². The number of anilines is 1. The molecule has 3 rings (SSSR count). The Kier molecular flexibility index (Phi) is 7.00. The van der Waals surface area contributed by atoms with E-state index in [1.54, 1.807) is 30.6 Å². The van der Waals surface area contributed by atoms with Gasteiger partial charge in [0.1, 0.15) is 11.5 Å². The Balaban J connectivity index is 1.92. The van der Waals surface area contributed by atoms with Gasteiger partial charge in [0.15, 0.2) is 0 Å². The molecule has 0 radical (unpaired) electrons. The molecule has 0 aliphatic carbocycles. The lowest BCUT2D eigenvalue weighted by atomic mass is 9.97. The van der Waals surface area contributed by atoms with Crippen LogP contribution in [-0.2, 0) is 4.79 Å². The van der Waals surface area contributed by atoms with Crippen molar-refractivity contribution < 1.29 is 14.3 Å². The highest BCUT2D eigenvalue weighted by molar-refractivity contribution is 6.06. The standard InChI is InChI=1S/C24H24N2O3/c1-3-28-21-11-7-18(8-12-21)23(19-9-13-22(14-10-19)29-4-2)16-24(27)26-20-6-5-15-25-17-20/h5-17H,3-4H2,1-2H3,(H,26,27). The largest absolute Gasteiger partial charge is 0.494 e. The first kappa shape index (κ1) is 20.1. The molecule has 5 heteroatoms. The van der Waals surface area contributed by atoms with Crippen molar-refractivity contribution in [2.45, 2.75) is 13.8 Å². The van der Waals surface area contributed by atoms with Crippen LogP contribution in [-0.4, -0.2) is 24.1 Å². The summed E-state index contributed by atoms with van der Waals surface area (Å²) in [6.45, 7) is 5.10. The van der Waals surface area contributed by atoms with Gasteiger partial charge in [0.05, 0.1) is 25.1 Å². The first-order valence-electron chi connectivity index (χ1n) is 9.58. The summed E-state index contributed by atoms with van der Waals surface area (Å²) in [5.74, 6) is 1.36. The van der Waals surface area contributed by atoms with Crippen LogP contribution in [0.3, 0.4) is 0 Å². The van der Waals surface area contributed by atoms with Crippen LogP contribution < -0.4 is 14.8 Å².